The fourth-order valence-electron chi connectivity index (χ4n) is 2.22. The zero-order valence-corrected chi connectivity index (χ0v) is 16.2. The van der Waals surface area contributed by atoms with Gasteiger partial charge in [-0.2, -0.15) is 0 Å². The van der Waals surface area contributed by atoms with E-state index in [4.69, 9.17) is 5.14 Å². The molecule has 0 amide bonds. The largest absolute Gasteiger partial charge is 0.502 e. The van der Waals surface area contributed by atoms with Crippen molar-refractivity contribution in [1.82, 2.24) is 0 Å². The van der Waals surface area contributed by atoms with Gasteiger partial charge in [0.2, 0.25) is 10.0 Å². The van der Waals surface area contributed by atoms with Crippen LogP contribution in [0.15, 0.2) is 46.2 Å². The zero-order valence-electron chi connectivity index (χ0n) is 14.6. The molecule has 13 heteroatoms. The van der Waals surface area contributed by atoms with E-state index in [9.17, 15) is 32.1 Å². The summed E-state index contributed by atoms with van der Waals surface area (Å²) in [6.45, 7) is 2.36. The number of hydrogen-bond acceptors (Lipinski definition) is 8. The van der Waals surface area contributed by atoms with E-state index in [1.165, 1.54) is 12.1 Å². The number of hydrogen-bond donors (Lipinski definition) is 4. The van der Waals surface area contributed by atoms with Crippen molar-refractivity contribution in [3.05, 3.63) is 46.5 Å². The van der Waals surface area contributed by atoms with Crippen LogP contribution < -0.4 is 15.2 Å². The second kappa shape index (κ2) is 8.00. The van der Waals surface area contributed by atoms with E-state index in [0.717, 1.165) is 18.2 Å². The van der Waals surface area contributed by atoms with E-state index in [0.29, 0.717) is 24.7 Å². The lowest BCUT2D eigenvalue weighted by Gasteiger charge is -2.15. The molecule has 0 aliphatic heterocycles. The molecule has 152 valence electrons. The summed E-state index contributed by atoms with van der Waals surface area (Å²) in [4.78, 5) is 9.20. The van der Waals surface area contributed by atoms with Gasteiger partial charge in [0.25, 0.3) is 10.0 Å². The summed E-state index contributed by atoms with van der Waals surface area (Å²) in [5.74, 6) is -0.689. The highest BCUT2D eigenvalue weighted by Crippen LogP contribution is 2.31. The third-order valence-electron chi connectivity index (χ3n) is 3.58. The van der Waals surface area contributed by atoms with Crippen molar-refractivity contribution in [2.75, 3.05) is 16.6 Å². The highest BCUT2D eigenvalue weighted by atomic mass is 32.2. The zero-order chi connectivity index (χ0) is 21.1. The number of nitro groups is 1. The summed E-state index contributed by atoms with van der Waals surface area (Å²) < 4.78 is 50.7. The van der Waals surface area contributed by atoms with Gasteiger partial charge in [-0.05, 0) is 36.8 Å². The molecule has 0 radical (unpaired) electrons. The highest BCUT2D eigenvalue weighted by molar-refractivity contribution is 7.92. The summed E-state index contributed by atoms with van der Waals surface area (Å²) in [7, 11) is -8.43. The summed E-state index contributed by atoms with van der Waals surface area (Å²) in [5, 5.41) is 28.4. The molecular weight excluding hydrogens is 412 g/mol. The molecule has 0 spiro atoms. The monoisotopic (exact) mass is 430 g/mol. The van der Waals surface area contributed by atoms with E-state index in [-0.39, 0.29) is 10.6 Å². The molecule has 0 heterocycles. The van der Waals surface area contributed by atoms with E-state index < -0.39 is 41.3 Å². The van der Waals surface area contributed by atoms with Crippen molar-refractivity contribution >= 4 is 37.1 Å². The Kier molecular flexibility index (Phi) is 6.11. The molecule has 5 N–H and O–H groups in total. The van der Waals surface area contributed by atoms with Gasteiger partial charge in [0.05, 0.1) is 26.1 Å². The summed E-state index contributed by atoms with van der Waals surface area (Å²) in [6, 6.07) is 6.17. The lowest BCUT2D eigenvalue weighted by atomic mass is 10.2. The van der Waals surface area contributed by atoms with Gasteiger partial charge in [-0.3, -0.25) is 14.8 Å². The topological polar surface area (TPSA) is 182 Å². The van der Waals surface area contributed by atoms with Gasteiger partial charge in [-0.1, -0.05) is 6.92 Å². The molecule has 0 aromatic heterocycles. The number of phenols is 1. The Hall–Kier alpha value is -2.90. The van der Waals surface area contributed by atoms with Gasteiger partial charge in [0, 0.05) is 12.6 Å². The lowest BCUT2D eigenvalue weighted by molar-refractivity contribution is -0.386. The van der Waals surface area contributed by atoms with E-state index >= 15 is 0 Å². The Bertz CT molecular complexity index is 1120. The molecule has 0 bridgehead atoms. The predicted octanol–water partition coefficient (Wildman–Crippen LogP) is 1.57. The number of sulfonamides is 2. The SMILES string of the molecule is CCCNc1ccc(S(N)(=O)=O)cc1NS(=O)(=O)c1ccc(O)c([N+](=O)[O-])c1. The van der Waals surface area contributed by atoms with E-state index in [1.807, 2.05) is 6.92 Å². The molecule has 11 nitrogen and oxygen atoms in total. The number of nitrogens with one attached hydrogen (secondary N) is 2. The first-order chi connectivity index (χ1) is 13.0. The normalized spacial score (nSPS) is 11.8. The Labute approximate surface area is 161 Å². The van der Waals surface area contributed by atoms with Crippen molar-refractivity contribution < 1.29 is 26.9 Å². The number of anilines is 2. The van der Waals surface area contributed by atoms with Crippen LogP contribution in [0, 0.1) is 10.1 Å². The smallest absolute Gasteiger partial charge is 0.312 e. The van der Waals surface area contributed by atoms with Crippen LogP contribution in [0.5, 0.6) is 5.75 Å². The molecule has 0 aliphatic carbocycles. The Morgan fingerprint density at radius 1 is 1.07 bits per heavy atom. The van der Waals surface area contributed by atoms with Crippen LogP contribution in [-0.4, -0.2) is 33.4 Å². The Morgan fingerprint density at radius 2 is 1.71 bits per heavy atom. The fraction of sp³-hybridized carbons (Fsp3) is 0.200. The number of nitrogens with two attached hydrogens (primary N) is 1. The van der Waals surface area contributed by atoms with Crippen LogP contribution in [0.3, 0.4) is 0 Å². The van der Waals surface area contributed by atoms with Crippen LogP contribution in [0.25, 0.3) is 0 Å². The van der Waals surface area contributed by atoms with Crippen molar-refractivity contribution in [2.24, 2.45) is 5.14 Å². The summed E-state index contributed by atoms with van der Waals surface area (Å²) in [6.07, 6.45) is 0.716. The number of benzene rings is 2. The first kappa shape index (κ1) is 21.4. The number of nitro benzene ring substituents is 1. The maximum absolute atomic E-state index is 12.7. The van der Waals surface area contributed by atoms with Crippen LogP contribution >= 0.6 is 0 Å². The molecular formula is C15H18N4O7S2. The predicted molar refractivity (Wildman–Crippen MR) is 102 cm³/mol. The van der Waals surface area contributed by atoms with Gasteiger partial charge in [0.1, 0.15) is 0 Å². The first-order valence-electron chi connectivity index (χ1n) is 7.86. The molecule has 0 saturated carbocycles. The maximum atomic E-state index is 12.7. The maximum Gasteiger partial charge on any atom is 0.312 e. The molecule has 0 saturated heterocycles. The fourth-order valence-corrected chi connectivity index (χ4v) is 3.85. The number of rotatable bonds is 8. The minimum atomic E-state index is -4.34. The minimum absolute atomic E-state index is 0.101. The Balaban J connectivity index is 2.52. The second-order valence-electron chi connectivity index (χ2n) is 5.69. The van der Waals surface area contributed by atoms with Gasteiger partial charge in [-0.15, -0.1) is 0 Å². The van der Waals surface area contributed by atoms with Crippen LogP contribution in [0.2, 0.25) is 0 Å². The second-order valence-corrected chi connectivity index (χ2v) is 8.94. The van der Waals surface area contributed by atoms with E-state index in [2.05, 4.69) is 10.0 Å². The molecule has 0 atom stereocenters. The first-order valence-corrected chi connectivity index (χ1v) is 10.9. The van der Waals surface area contributed by atoms with Crippen LogP contribution in [0.4, 0.5) is 17.1 Å². The van der Waals surface area contributed by atoms with E-state index in [1.54, 1.807) is 0 Å². The van der Waals surface area contributed by atoms with Gasteiger partial charge in [0.15, 0.2) is 5.75 Å². The third kappa shape index (κ3) is 4.88. The molecule has 2 rings (SSSR count). The van der Waals surface area contributed by atoms with Crippen molar-refractivity contribution in [3.63, 3.8) is 0 Å². The number of nitrogens with zero attached hydrogens (tertiary/aromatic N) is 1. The molecule has 0 fully saturated rings. The van der Waals surface area contributed by atoms with Gasteiger partial charge >= 0.3 is 5.69 Å². The Morgan fingerprint density at radius 3 is 2.29 bits per heavy atom. The number of phenolic OH excluding ortho intramolecular Hbond substituents is 1. The molecule has 2 aromatic rings. The van der Waals surface area contributed by atoms with Crippen molar-refractivity contribution in [1.29, 1.82) is 0 Å². The minimum Gasteiger partial charge on any atom is -0.502 e. The van der Waals surface area contributed by atoms with Gasteiger partial charge in [-0.25, -0.2) is 22.0 Å². The number of primary sulfonamides is 1. The van der Waals surface area contributed by atoms with Crippen molar-refractivity contribution in [2.45, 2.75) is 23.1 Å². The highest BCUT2D eigenvalue weighted by Gasteiger charge is 2.23. The average molecular weight is 430 g/mol. The quantitative estimate of drug-likeness (QED) is 0.359. The molecule has 2 aromatic carbocycles. The molecule has 0 aliphatic rings. The summed E-state index contributed by atoms with van der Waals surface area (Å²) in [5.41, 5.74) is -0.590. The summed E-state index contributed by atoms with van der Waals surface area (Å²) >= 11 is 0. The average Bonchev–Trinajstić information content (AvgIpc) is 2.59. The third-order valence-corrected chi connectivity index (χ3v) is 5.86. The number of aromatic hydroxyl groups is 1. The van der Waals surface area contributed by atoms with Gasteiger partial charge < -0.3 is 10.4 Å². The molecule has 28 heavy (non-hydrogen) atoms. The van der Waals surface area contributed by atoms with Crippen molar-refractivity contribution in [3.8, 4) is 5.75 Å². The molecule has 0 unspecified atom stereocenters. The standard InChI is InChI=1S/C15H18N4O7S2/c1-2-7-17-12-5-3-10(27(16,23)24)8-13(12)18-28(25,26)11-4-6-15(20)14(9-11)19(21)22/h3-6,8-9,17-18,20H,2,7H2,1H3,(H2,16,23,24). The van der Waals surface area contributed by atoms with Crippen LogP contribution in [-0.2, 0) is 20.0 Å². The lowest BCUT2D eigenvalue weighted by Crippen LogP contribution is -2.17. The van der Waals surface area contributed by atoms with Crippen LogP contribution in [0.1, 0.15) is 13.3 Å².